The molecular weight excluding hydrogens is 214 g/mol. The zero-order chi connectivity index (χ0) is 12.4. The number of hydrogen-bond acceptors (Lipinski definition) is 3. The molecule has 0 aromatic heterocycles. The zero-order valence-corrected chi connectivity index (χ0v) is 10.4. The van der Waals surface area contributed by atoms with Gasteiger partial charge in [-0.25, -0.2) is 0 Å². The molecule has 3 N–H and O–H groups in total. The molecule has 2 rings (SSSR count). The van der Waals surface area contributed by atoms with Crippen LogP contribution >= 0.6 is 0 Å². The third-order valence-corrected chi connectivity index (χ3v) is 3.36. The predicted molar refractivity (Wildman–Crippen MR) is 70.1 cm³/mol. The van der Waals surface area contributed by atoms with E-state index in [9.17, 15) is 0 Å². The van der Waals surface area contributed by atoms with Crippen LogP contribution in [0.1, 0.15) is 25.3 Å². The van der Waals surface area contributed by atoms with Crippen molar-refractivity contribution in [1.29, 1.82) is 5.41 Å². The molecule has 1 unspecified atom stereocenters. The van der Waals surface area contributed by atoms with Gasteiger partial charge in [0.15, 0.2) is 0 Å². The minimum atomic E-state index is 0.113. The highest BCUT2D eigenvalue weighted by Gasteiger charge is 2.23. The average Bonchev–Trinajstić information content (AvgIpc) is 2.74. The van der Waals surface area contributed by atoms with Crippen molar-refractivity contribution in [2.24, 2.45) is 5.73 Å². The van der Waals surface area contributed by atoms with Gasteiger partial charge in [0, 0.05) is 24.2 Å². The van der Waals surface area contributed by atoms with Crippen molar-refractivity contribution in [3.05, 3.63) is 23.8 Å². The molecular formula is C13H19N3O. The van der Waals surface area contributed by atoms with E-state index in [1.807, 2.05) is 18.2 Å². The van der Waals surface area contributed by atoms with Crippen LogP contribution in [0.15, 0.2) is 18.2 Å². The maximum absolute atomic E-state index is 7.64. The van der Waals surface area contributed by atoms with Crippen LogP contribution in [0, 0.1) is 5.41 Å². The van der Waals surface area contributed by atoms with Gasteiger partial charge < -0.3 is 15.4 Å². The number of anilines is 1. The Bertz CT molecular complexity index is 431. The van der Waals surface area contributed by atoms with Crippen LogP contribution in [0.5, 0.6) is 5.75 Å². The Morgan fingerprint density at radius 3 is 2.82 bits per heavy atom. The highest BCUT2D eigenvalue weighted by atomic mass is 16.5. The topological polar surface area (TPSA) is 62.3 Å². The third kappa shape index (κ3) is 2.20. The second kappa shape index (κ2) is 4.65. The normalized spacial score (nSPS) is 19.4. The second-order valence-electron chi connectivity index (χ2n) is 4.48. The Balaban J connectivity index is 2.44. The van der Waals surface area contributed by atoms with Crippen LogP contribution in [0.2, 0.25) is 0 Å². The summed E-state index contributed by atoms with van der Waals surface area (Å²) in [5.74, 6) is 0.922. The van der Waals surface area contributed by atoms with E-state index < -0.39 is 0 Å². The monoisotopic (exact) mass is 233 g/mol. The fraction of sp³-hybridized carbons (Fsp3) is 0.462. The molecule has 4 nitrogen and oxygen atoms in total. The molecule has 1 heterocycles. The summed E-state index contributed by atoms with van der Waals surface area (Å²) in [6, 6.07) is 6.18. The zero-order valence-electron chi connectivity index (χ0n) is 10.4. The molecule has 0 spiro atoms. The number of nitrogens with one attached hydrogen (secondary N) is 1. The van der Waals surface area contributed by atoms with Crippen LogP contribution in [-0.4, -0.2) is 25.5 Å². The van der Waals surface area contributed by atoms with Crippen molar-refractivity contribution < 1.29 is 4.74 Å². The van der Waals surface area contributed by atoms with Crippen LogP contribution in [0.3, 0.4) is 0 Å². The molecule has 0 amide bonds. The van der Waals surface area contributed by atoms with E-state index in [0.29, 0.717) is 6.04 Å². The number of amidine groups is 1. The number of rotatable bonds is 3. The molecule has 1 aromatic rings. The SMILES string of the molecule is COc1ccc(C(=N)N)c(N2CCCC2C)c1. The lowest BCUT2D eigenvalue weighted by molar-refractivity contribution is 0.414. The first-order chi connectivity index (χ1) is 8.13. The van der Waals surface area contributed by atoms with E-state index >= 15 is 0 Å². The number of ether oxygens (including phenoxy) is 1. The molecule has 1 aliphatic heterocycles. The fourth-order valence-electron chi connectivity index (χ4n) is 2.39. The van der Waals surface area contributed by atoms with Crippen LogP contribution < -0.4 is 15.4 Å². The summed E-state index contributed by atoms with van der Waals surface area (Å²) in [6.07, 6.45) is 2.38. The summed E-state index contributed by atoms with van der Waals surface area (Å²) < 4.78 is 5.25. The van der Waals surface area contributed by atoms with E-state index in [-0.39, 0.29) is 5.84 Å². The number of benzene rings is 1. The highest BCUT2D eigenvalue weighted by molar-refractivity contribution is 6.00. The number of nitrogens with two attached hydrogens (primary N) is 1. The van der Waals surface area contributed by atoms with Gasteiger partial charge in [0.05, 0.1) is 12.8 Å². The summed E-state index contributed by atoms with van der Waals surface area (Å²) in [4.78, 5) is 2.30. The van der Waals surface area contributed by atoms with E-state index in [1.54, 1.807) is 7.11 Å². The van der Waals surface area contributed by atoms with Gasteiger partial charge in [-0.1, -0.05) is 0 Å². The molecule has 1 aromatic carbocycles. The Morgan fingerprint density at radius 1 is 1.53 bits per heavy atom. The molecule has 1 atom stereocenters. The lowest BCUT2D eigenvalue weighted by Gasteiger charge is -2.26. The minimum Gasteiger partial charge on any atom is -0.497 e. The summed E-state index contributed by atoms with van der Waals surface area (Å²) >= 11 is 0. The third-order valence-electron chi connectivity index (χ3n) is 3.36. The van der Waals surface area contributed by atoms with Gasteiger partial charge in [-0.3, -0.25) is 5.41 Å². The van der Waals surface area contributed by atoms with Gasteiger partial charge in [-0.15, -0.1) is 0 Å². The first-order valence-corrected chi connectivity index (χ1v) is 5.92. The Kier molecular flexibility index (Phi) is 3.22. The molecule has 0 aliphatic carbocycles. The van der Waals surface area contributed by atoms with Crippen molar-refractivity contribution in [1.82, 2.24) is 0 Å². The smallest absolute Gasteiger partial charge is 0.124 e. The van der Waals surface area contributed by atoms with E-state index in [0.717, 1.165) is 23.5 Å². The lowest BCUT2D eigenvalue weighted by Crippen LogP contribution is -2.29. The number of methoxy groups -OCH3 is 1. The van der Waals surface area contributed by atoms with Gasteiger partial charge in [-0.05, 0) is 31.9 Å². The van der Waals surface area contributed by atoms with E-state index in [2.05, 4.69) is 11.8 Å². The quantitative estimate of drug-likeness (QED) is 0.619. The maximum Gasteiger partial charge on any atom is 0.124 e. The number of nitrogens with zero attached hydrogens (tertiary/aromatic N) is 1. The number of nitrogen functional groups attached to an aromatic ring is 1. The van der Waals surface area contributed by atoms with Crippen molar-refractivity contribution in [2.75, 3.05) is 18.6 Å². The van der Waals surface area contributed by atoms with Crippen molar-refractivity contribution in [2.45, 2.75) is 25.8 Å². The van der Waals surface area contributed by atoms with Crippen LogP contribution in [0.25, 0.3) is 0 Å². The molecule has 92 valence electrons. The summed E-state index contributed by atoms with van der Waals surface area (Å²) in [5, 5.41) is 7.64. The van der Waals surface area contributed by atoms with Gasteiger partial charge in [0.2, 0.25) is 0 Å². The van der Waals surface area contributed by atoms with Gasteiger partial charge >= 0.3 is 0 Å². The lowest BCUT2D eigenvalue weighted by atomic mass is 10.1. The van der Waals surface area contributed by atoms with Gasteiger partial charge in [0.25, 0.3) is 0 Å². The largest absolute Gasteiger partial charge is 0.497 e. The average molecular weight is 233 g/mol. The molecule has 1 fully saturated rings. The highest BCUT2D eigenvalue weighted by Crippen LogP contribution is 2.31. The molecule has 17 heavy (non-hydrogen) atoms. The Hall–Kier alpha value is -1.71. The van der Waals surface area contributed by atoms with Crippen LogP contribution in [0.4, 0.5) is 5.69 Å². The predicted octanol–water partition coefficient (Wildman–Crippen LogP) is 1.97. The maximum atomic E-state index is 7.64. The van der Waals surface area contributed by atoms with Crippen molar-refractivity contribution in [3.63, 3.8) is 0 Å². The number of hydrogen-bond donors (Lipinski definition) is 2. The molecule has 0 saturated carbocycles. The molecule has 1 saturated heterocycles. The van der Waals surface area contributed by atoms with Crippen LogP contribution in [-0.2, 0) is 0 Å². The molecule has 4 heteroatoms. The Morgan fingerprint density at radius 2 is 2.29 bits per heavy atom. The van der Waals surface area contributed by atoms with Crippen molar-refractivity contribution in [3.8, 4) is 5.75 Å². The Labute approximate surface area is 102 Å². The van der Waals surface area contributed by atoms with Crippen molar-refractivity contribution >= 4 is 11.5 Å². The first-order valence-electron chi connectivity index (χ1n) is 5.92. The second-order valence-corrected chi connectivity index (χ2v) is 4.48. The van der Waals surface area contributed by atoms with Gasteiger partial charge in [-0.2, -0.15) is 0 Å². The first kappa shape index (κ1) is 11.8. The van der Waals surface area contributed by atoms with E-state index in [1.165, 1.54) is 12.8 Å². The molecule has 0 bridgehead atoms. The van der Waals surface area contributed by atoms with E-state index in [4.69, 9.17) is 15.9 Å². The minimum absolute atomic E-state index is 0.113. The standard InChI is InChI=1S/C13H19N3O/c1-9-4-3-7-16(9)12-8-10(17-2)5-6-11(12)13(14)15/h5-6,8-9H,3-4,7H2,1-2H3,(H3,14,15). The molecule has 0 radical (unpaired) electrons. The fourth-order valence-corrected chi connectivity index (χ4v) is 2.39. The summed E-state index contributed by atoms with van der Waals surface area (Å²) in [5.41, 5.74) is 7.44. The van der Waals surface area contributed by atoms with Gasteiger partial charge in [0.1, 0.15) is 11.6 Å². The molecule has 1 aliphatic rings. The summed E-state index contributed by atoms with van der Waals surface area (Å²) in [7, 11) is 1.65. The summed E-state index contributed by atoms with van der Waals surface area (Å²) in [6.45, 7) is 3.23.